The molecule has 3 rings (SSSR count). The van der Waals surface area contributed by atoms with Crippen LogP contribution in [0.1, 0.15) is 18.9 Å². The molecule has 0 spiro atoms. The lowest BCUT2D eigenvalue weighted by atomic mass is 10.3. The molecule has 22 heavy (non-hydrogen) atoms. The van der Waals surface area contributed by atoms with Crippen LogP contribution in [0.4, 0.5) is 0 Å². The van der Waals surface area contributed by atoms with E-state index in [9.17, 15) is 0 Å². The van der Waals surface area contributed by atoms with Crippen molar-refractivity contribution in [2.75, 3.05) is 7.11 Å². The highest BCUT2D eigenvalue weighted by atomic mass is 16.5. The molecule has 2 heterocycles. The topological polar surface area (TPSA) is 70.3 Å². The quantitative estimate of drug-likeness (QED) is 0.719. The van der Waals surface area contributed by atoms with Crippen molar-refractivity contribution in [3.63, 3.8) is 0 Å². The third kappa shape index (κ3) is 3.06. The minimum absolute atomic E-state index is 0.363. The van der Waals surface area contributed by atoms with Gasteiger partial charge in [0.2, 0.25) is 5.82 Å². The molecule has 0 radical (unpaired) electrons. The molecule has 6 nitrogen and oxygen atoms in total. The number of benzene rings is 1. The standard InChI is InChI=1S/C16H15N3O3/c1-11(21-13-8-6-12(20-2)7-9-13)16-18-15(19-22-16)14-5-3-4-10-17-14/h3-11H,1-2H3/t11-/m0/s1. The maximum absolute atomic E-state index is 5.78. The number of nitrogens with zero attached hydrogens (tertiary/aromatic N) is 3. The van der Waals surface area contributed by atoms with E-state index in [4.69, 9.17) is 14.0 Å². The zero-order chi connectivity index (χ0) is 15.4. The van der Waals surface area contributed by atoms with Crippen LogP contribution in [-0.2, 0) is 0 Å². The monoisotopic (exact) mass is 297 g/mol. The number of aromatic nitrogens is 3. The van der Waals surface area contributed by atoms with E-state index in [1.165, 1.54) is 0 Å². The number of hydrogen-bond acceptors (Lipinski definition) is 6. The molecular weight excluding hydrogens is 282 g/mol. The highest BCUT2D eigenvalue weighted by Gasteiger charge is 2.17. The number of pyridine rings is 1. The van der Waals surface area contributed by atoms with Crippen LogP contribution in [-0.4, -0.2) is 22.2 Å². The van der Waals surface area contributed by atoms with Crippen molar-refractivity contribution in [3.8, 4) is 23.0 Å². The van der Waals surface area contributed by atoms with Gasteiger partial charge in [-0.3, -0.25) is 4.98 Å². The Morgan fingerprint density at radius 3 is 2.50 bits per heavy atom. The van der Waals surface area contributed by atoms with Crippen LogP contribution in [0, 0.1) is 0 Å². The van der Waals surface area contributed by atoms with Crippen molar-refractivity contribution in [2.45, 2.75) is 13.0 Å². The first-order valence-corrected chi connectivity index (χ1v) is 6.82. The van der Waals surface area contributed by atoms with E-state index >= 15 is 0 Å². The first kappa shape index (κ1) is 14.1. The highest BCUT2D eigenvalue weighted by molar-refractivity contribution is 5.47. The molecule has 1 aromatic carbocycles. The molecule has 0 saturated heterocycles. The molecule has 0 aliphatic carbocycles. The maximum atomic E-state index is 5.78. The van der Waals surface area contributed by atoms with Gasteiger partial charge < -0.3 is 14.0 Å². The smallest absolute Gasteiger partial charge is 0.267 e. The summed E-state index contributed by atoms with van der Waals surface area (Å²) in [6, 6.07) is 12.8. The Morgan fingerprint density at radius 1 is 1.05 bits per heavy atom. The zero-order valence-corrected chi connectivity index (χ0v) is 12.3. The fourth-order valence-electron chi connectivity index (χ4n) is 1.91. The van der Waals surface area contributed by atoms with E-state index in [2.05, 4.69) is 15.1 Å². The predicted octanol–water partition coefficient (Wildman–Crippen LogP) is 3.28. The van der Waals surface area contributed by atoms with Gasteiger partial charge >= 0.3 is 0 Å². The molecule has 112 valence electrons. The molecular formula is C16H15N3O3. The molecule has 1 atom stereocenters. The second-order valence-electron chi connectivity index (χ2n) is 4.61. The Hall–Kier alpha value is -2.89. The van der Waals surface area contributed by atoms with E-state index in [-0.39, 0.29) is 6.10 Å². The number of hydrogen-bond donors (Lipinski definition) is 0. The fraction of sp³-hybridized carbons (Fsp3) is 0.188. The fourth-order valence-corrected chi connectivity index (χ4v) is 1.91. The summed E-state index contributed by atoms with van der Waals surface area (Å²) < 4.78 is 16.1. The average Bonchev–Trinajstić information content (AvgIpc) is 3.06. The van der Waals surface area contributed by atoms with Crippen LogP contribution in [0.2, 0.25) is 0 Å². The lowest BCUT2D eigenvalue weighted by Gasteiger charge is -2.10. The van der Waals surface area contributed by atoms with Crippen molar-refractivity contribution >= 4 is 0 Å². The number of ether oxygens (including phenoxy) is 2. The van der Waals surface area contributed by atoms with E-state index in [0.717, 1.165) is 5.75 Å². The molecule has 0 unspecified atom stereocenters. The van der Waals surface area contributed by atoms with E-state index in [0.29, 0.717) is 23.2 Å². The molecule has 0 amide bonds. The average molecular weight is 297 g/mol. The van der Waals surface area contributed by atoms with Crippen LogP contribution in [0.25, 0.3) is 11.5 Å². The Morgan fingerprint density at radius 2 is 1.82 bits per heavy atom. The predicted molar refractivity (Wildman–Crippen MR) is 79.6 cm³/mol. The molecule has 0 aliphatic rings. The van der Waals surface area contributed by atoms with Crippen molar-refractivity contribution in [1.82, 2.24) is 15.1 Å². The molecule has 0 fully saturated rings. The van der Waals surface area contributed by atoms with Gasteiger partial charge in [0.25, 0.3) is 5.89 Å². The number of methoxy groups -OCH3 is 1. The Kier molecular flexibility index (Phi) is 4.00. The second kappa shape index (κ2) is 6.26. The SMILES string of the molecule is COc1ccc(O[C@@H](C)c2nc(-c3ccccn3)no2)cc1. The highest BCUT2D eigenvalue weighted by Crippen LogP contribution is 2.24. The zero-order valence-electron chi connectivity index (χ0n) is 12.3. The van der Waals surface area contributed by atoms with Crippen LogP contribution in [0.5, 0.6) is 11.5 Å². The lowest BCUT2D eigenvalue weighted by Crippen LogP contribution is -2.03. The third-order valence-corrected chi connectivity index (χ3v) is 3.06. The number of rotatable bonds is 5. The van der Waals surface area contributed by atoms with Gasteiger partial charge in [-0.25, -0.2) is 0 Å². The largest absolute Gasteiger partial charge is 0.497 e. The van der Waals surface area contributed by atoms with Gasteiger partial charge in [0.1, 0.15) is 17.2 Å². The minimum Gasteiger partial charge on any atom is -0.497 e. The van der Waals surface area contributed by atoms with Crippen molar-refractivity contribution < 1.29 is 14.0 Å². The summed E-state index contributed by atoms with van der Waals surface area (Å²) in [6.45, 7) is 1.85. The maximum Gasteiger partial charge on any atom is 0.267 e. The molecule has 0 aliphatic heterocycles. The van der Waals surface area contributed by atoms with Gasteiger partial charge in [-0.2, -0.15) is 4.98 Å². The molecule has 0 saturated carbocycles. The molecule has 0 N–H and O–H groups in total. The van der Waals surface area contributed by atoms with Gasteiger partial charge in [-0.05, 0) is 43.3 Å². The minimum atomic E-state index is -0.363. The molecule has 6 heteroatoms. The van der Waals surface area contributed by atoms with Gasteiger partial charge in [-0.1, -0.05) is 11.2 Å². The van der Waals surface area contributed by atoms with E-state index in [1.807, 2.05) is 49.4 Å². The van der Waals surface area contributed by atoms with E-state index in [1.54, 1.807) is 13.3 Å². The lowest BCUT2D eigenvalue weighted by molar-refractivity contribution is 0.175. The third-order valence-electron chi connectivity index (χ3n) is 3.06. The molecule has 2 aromatic heterocycles. The Bertz CT molecular complexity index is 726. The summed E-state index contributed by atoms with van der Waals surface area (Å²) in [7, 11) is 1.62. The normalized spacial score (nSPS) is 11.9. The van der Waals surface area contributed by atoms with Crippen molar-refractivity contribution in [1.29, 1.82) is 0 Å². The van der Waals surface area contributed by atoms with Crippen molar-refractivity contribution in [3.05, 3.63) is 54.6 Å². The van der Waals surface area contributed by atoms with Gasteiger partial charge in [0.15, 0.2) is 6.10 Å². The van der Waals surface area contributed by atoms with Gasteiger partial charge in [-0.15, -0.1) is 0 Å². The Balaban J connectivity index is 1.72. The van der Waals surface area contributed by atoms with Crippen LogP contribution < -0.4 is 9.47 Å². The second-order valence-corrected chi connectivity index (χ2v) is 4.61. The van der Waals surface area contributed by atoms with Crippen molar-refractivity contribution in [2.24, 2.45) is 0 Å². The molecule has 3 aromatic rings. The van der Waals surface area contributed by atoms with Crippen LogP contribution in [0.15, 0.2) is 53.2 Å². The van der Waals surface area contributed by atoms with E-state index < -0.39 is 0 Å². The molecule has 0 bridgehead atoms. The summed E-state index contributed by atoms with van der Waals surface area (Å²) in [4.78, 5) is 8.51. The summed E-state index contributed by atoms with van der Waals surface area (Å²) in [6.07, 6.45) is 1.32. The van der Waals surface area contributed by atoms with Gasteiger partial charge in [0.05, 0.1) is 7.11 Å². The summed E-state index contributed by atoms with van der Waals surface area (Å²) in [5.74, 6) is 2.32. The summed E-state index contributed by atoms with van der Waals surface area (Å²) in [5, 5.41) is 3.93. The van der Waals surface area contributed by atoms with Gasteiger partial charge in [0, 0.05) is 6.20 Å². The van der Waals surface area contributed by atoms with Crippen LogP contribution >= 0.6 is 0 Å². The Labute approximate surface area is 127 Å². The first-order valence-electron chi connectivity index (χ1n) is 6.82. The summed E-state index contributed by atoms with van der Waals surface area (Å²) in [5.41, 5.74) is 0.661. The summed E-state index contributed by atoms with van der Waals surface area (Å²) >= 11 is 0. The first-order chi connectivity index (χ1) is 10.8. The van der Waals surface area contributed by atoms with Crippen LogP contribution in [0.3, 0.4) is 0 Å².